The second-order valence-corrected chi connectivity index (χ2v) is 10.5. The van der Waals surface area contributed by atoms with Gasteiger partial charge in [-0.15, -0.1) is 0 Å². The van der Waals surface area contributed by atoms with Gasteiger partial charge in [0.05, 0.1) is 22.3 Å². The average molecular weight is 409 g/mol. The van der Waals surface area contributed by atoms with Crippen molar-refractivity contribution in [3.8, 4) is 0 Å². The molecule has 7 rings (SSSR count). The minimum absolute atomic E-state index is 0.0746. The number of fused-ring (bicyclic) bond motifs is 3. The predicted molar refractivity (Wildman–Crippen MR) is 112 cm³/mol. The lowest BCUT2D eigenvalue weighted by atomic mass is 9.49. The third kappa shape index (κ3) is 3.00. The number of thiazole rings is 1. The first-order valence-corrected chi connectivity index (χ1v) is 11.4. The molecule has 0 unspecified atom stereocenters. The lowest BCUT2D eigenvalue weighted by Crippen LogP contribution is -2.47. The van der Waals surface area contributed by atoms with Crippen LogP contribution in [0.25, 0.3) is 15.2 Å². The molecule has 0 atom stereocenters. The fourth-order valence-corrected chi connectivity index (χ4v) is 7.77. The molecule has 4 saturated carbocycles. The highest BCUT2D eigenvalue weighted by atomic mass is 32.1. The van der Waals surface area contributed by atoms with Gasteiger partial charge >= 0.3 is 5.97 Å². The molecule has 2 aromatic heterocycles. The van der Waals surface area contributed by atoms with Crippen LogP contribution >= 0.6 is 11.3 Å². The van der Waals surface area contributed by atoms with Gasteiger partial charge in [-0.2, -0.15) is 0 Å². The average Bonchev–Trinajstić information content (AvgIpc) is 3.04. The molecule has 0 spiro atoms. The second-order valence-electron chi connectivity index (χ2n) is 9.53. The molecular formula is C23H24N2O3S. The lowest BCUT2D eigenvalue weighted by molar-refractivity contribution is -0.153. The van der Waals surface area contributed by atoms with Crippen LogP contribution in [-0.2, 0) is 16.1 Å². The molecule has 0 amide bonds. The van der Waals surface area contributed by atoms with E-state index < -0.39 is 0 Å². The van der Waals surface area contributed by atoms with E-state index in [1.54, 1.807) is 4.40 Å². The highest BCUT2D eigenvalue weighted by Gasteiger charge is 2.51. The van der Waals surface area contributed by atoms with Crippen LogP contribution < -0.4 is 5.56 Å². The zero-order valence-electron chi connectivity index (χ0n) is 16.3. The molecule has 6 heteroatoms. The number of benzene rings is 1. The van der Waals surface area contributed by atoms with E-state index in [0.717, 1.165) is 28.0 Å². The Morgan fingerprint density at radius 3 is 2.55 bits per heavy atom. The van der Waals surface area contributed by atoms with Crippen molar-refractivity contribution in [2.24, 2.45) is 23.2 Å². The van der Waals surface area contributed by atoms with Crippen molar-refractivity contribution >= 4 is 32.5 Å². The Morgan fingerprint density at radius 1 is 1.14 bits per heavy atom. The monoisotopic (exact) mass is 408 g/mol. The fourth-order valence-electron chi connectivity index (χ4n) is 6.72. The van der Waals surface area contributed by atoms with E-state index in [2.05, 4.69) is 4.98 Å². The summed E-state index contributed by atoms with van der Waals surface area (Å²) < 4.78 is 8.25. The molecule has 29 heavy (non-hydrogen) atoms. The summed E-state index contributed by atoms with van der Waals surface area (Å²) in [5, 5.41) is 0. The van der Waals surface area contributed by atoms with Crippen LogP contribution in [0.5, 0.6) is 0 Å². The number of hydrogen-bond acceptors (Lipinski definition) is 5. The van der Waals surface area contributed by atoms with Crippen LogP contribution in [0.2, 0.25) is 0 Å². The summed E-state index contributed by atoms with van der Waals surface area (Å²) in [5.41, 5.74) is 1.45. The number of rotatable bonds is 4. The Morgan fingerprint density at radius 2 is 1.83 bits per heavy atom. The zero-order chi connectivity index (χ0) is 19.6. The van der Waals surface area contributed by atoms with Gasteiger partial charge in [0, 0.05) is 6.07 Å². The molecule has 4 fully saturated rings. The number of hydrogen-bond donors (Lipinski definition) is 0. The van der Waals surface area contributed by atoms with Gasteiger partial charge in [0.25, 0.3) is 5.56 Å². The van der Waals surface area contributed by atoms with Gasteiger partial charge < -0.3 is 4.74 Å². The summed E-state index contributed by atoms with van der Waals surface area (Å²) in [4.78, 5) is 30.5. The molecule has 3 aromatic rings. The molecular weight excluding hydrogens is 384 g/mol. The summed E-state index contributed by atoms with van der Waals surface area (Å²) in [5.74, 6) is 2.34. The predicted octanol–water partition coefficient (Wildman–Crippen LogP) is 4.56. The zero-order valence-corrected chi connectivity index (χ0v) is 17.1. The molecule has 0 N–H and O–H groups in total. The van der Waals surface area contributed by atoms with Crippen LogP contribution in [0.15, 0.2) is 35.1 Å². The number of aromatic nitrogens is 2. The number of nitrogens with zero attached hydrogens (tertiary/aromatic N) is 2. The Balaban J connectivity index is 1.18. The number of carbonyl (C=O) groups excluding carboxylic acids is 1. The Bertz CT molecular complexity index is 1140. The maximum Gasteiger partial charge on any atom is 0.306 e. The largest absolute Gasteiger partial charge is 0.459 e. The number of esters is 1. The smallest absolute Gasteiger partial charge is 0.306 e. The maximum atomic E-state index is 12.7. The van der Waals surface area contributed by atoms with Crippen molar-refractivity contribution in [3.05, 3.63) is 46.4 Å². The van der Waals surface area contributed by atoms with Crippen molar-refractivity contribution in [3.63, 3.8) is 0 Å². The van der Waals surface area contributed by atoms with Gasteiger partial charge in [0.2, 0.25) is 0 Å². The molecule has 4 aliphatic rings. The van der Waals surface area contributed by atoms with Crippen molar-refractivity contribution in [2.45, 2.75) is 51.6 Å². The minimum Gasteiger partial charge on any atom is -0.459 e. The SMILES string of the molecule is O=C(CC12CC3CC(CC(C3)C1)C2)OCc1cc(=O)n2c(n1)sc1ccccc12. The van der Waals surface area contributed by atoms with E-state index in [-0.39, 0.29) is 23.6 Å². The standard InChI is InChI=1S/C23H24N2O3S/c26-20-8-17(24-22-25(20)18-3-1-2-4-19(18)29-22)13-28-21(27)12-23-9-14-5-15(10-23)7-16(6-14)11-23/h1-4,8,14-16H,5-7,9-13H2. The molecule has 4 bridgehead atoms. The number of para-hydroxylation sites is 1. The number of ether oxygens (including phenoxy) is 1. The van der Waals surface area contributed by atoms with Crippen LogP contribution in [-0.4, -0.2) is 15.4 Å². The Hall–Kier alpha value is -2.21. The third-order valence-corrected chi connectivity index (χ3v) is 8.34. The molecule has 4 aliphatic carbocycles. The highest BCUT2D eigenvalue weighted by molar-refractivity contribution is 7.23. The van der Waals surface area contributed by atoms with E-state index in [1.165, 1.54) is 55.9 Å². The molecule has 0 radical (unpaired) electrons. The van der Waals surface area contributed by atoms with Gasteiger partial charge in [-0.25, -0.2) is 4.98 Å². The summed E-state index contributed by atoms with van der Waals surface area (Å²) >= 11 is 1.48. The number of carbonyl (C=O) groups is 1. The molecule has 0 saturated heterocycles. The van der Waals surface area contributed by atoms with Gasteiger partial charge in [-0.1, -0.05) is 23.5 Å². The van der Waals surface area contributed by atoms with Crippen molar-refractivity contribution < 1.29 is 9.53 Å². The van der Waals surface area contributed by atoms with Gasteiger partial charge in [0.1, 0.15) is 6.61 Å². The minimum atomic E-state index is -0.134. The van der Waals surface area contributed by atoms with Crippen molar-refractivity contribution in [2.75, 3.05) is 0 Å². The normalized spacial score (nSPS) is 30.3. The second kappa shape index (κ2) is 6.39. The first kappa shape index (κ1) is 17.6. The molecule has 1 aromatic carbocycles. The quantitative estimate of drug-likeness (QED) is 0.594. The Labute approximate surface area is 172 Å². The molecule has 0 aliphatic heterocycles. The fraction of sp³-hybridized carbons (Fsp3) is 0.522. The summed E-state index contributed by atoms with van der Waals surface area (Å²) in [6, 6.07) is 9.27. The summed E-state index contributed by atoms with van der Waals surface area (Å²) in [6.45, 7) is 0.0746. The van der Waals surface area contributed by atoms with E-state index in [1.807, 2.05) is 24.3 Å². The van der Waals surface area contributed by atoms with E-state index >= 15 is 0 Å². The first-order chi connectivity index (χ1) is 14.1. The first-order valence-electron chi connectivity index (χ1n) is 10.6. The van der Waals surface area contributed by atoms with E-state index in [9.17, 15) is 9.59 Å². The van der Waals surface area contributed by atoms with Crippen LogP contribution in [0, 0.1) is 23.2 Å². The molecule has 150 valence electrons. The van der Waals surface area contributed by atoms with E-state index in [4.69, 9.17) is 4.74 Å². The lowest BCUT2D eigenvalue weighted by Gasteiger charge is -2.56. The van der Waals surface area contributed by atoms with Gasteiger partial charge in [-0.3, -0.25) is 14.0 Å². The third-order valence-electron chi connectivity index (χ3n) is 7.31. The molecule has 5 nitrogen and oxygen atoms in total. The van der Waals surface area contributed by atoms with Crippen LogP contribution in [0.4, 0.5) is 0 Å². The van der Waals surface area contributed by atoms with Crippen LogP contribution in [0.1, 0.15) is 50.6 Å². The van der Waals surface area contributed by atoms with Crippen molar-refractivity contribution in [1.82, 2.24) is 9.38 Å². The molecule has 2 heterocycles. The topological polar surface area (TPSA) is 60.7 Å². The van der Waals surface area contributed by atoms with E-state index in [0.29, 0.717) is 17.1 Å². The van der Waals surface area contributed by atoms with Gasteiger partial charge in [0.15, 0.2) is 4.96 Å². The summed E-state index contributed by atoms with van der Waals surface area (Å²) in [7, 11) is 0. The van der Waals surface area contributed by atoms with Crippen LogP contribution in [0.3, 0.4) is 0 Å². The Kier molecular flexibility index (Phi) is 3.89. The van der Waals surface area contributed by atoms with Gasteiger partial charge in [-0.05, 0) is 73.8 Å². The highest BCUT2D eigenvalue weighted by Crippen LogP contribution is 2.61. The summed E-state index contributed by atoms with van der Waals surface area (Å²) in [6.07, 6.45) is 8.23. The maximum absolute atomic E-state index is 12.7. The van der Waals surface area contributed by atoms with Crippen molar-refractivity contribution in [1.29, 1.82) is 0 Å².